The Morgan fingerprint density at radius 2 is 1.81 bits per heavy atom. The Morgan fingerprint density at radius 3 is 2.62 bits per heavy atom. The van der Waals surface area contributed by atoms with Crippen molar-refractivity contribution in [2.24, 2.45) is 5.92 Å². The Labute approximate surface area is 191 Å². The number of benzene rings is 3. The average Bonchev–Trinajstić information content (AvgIpc) is 2.78. The van der Waals surface area contributed by atoms with Crippen molar-refractivity contribution in [1.29, 1.82) is 0 Å². The second-order valence-electron chi connectivity index (χ2n) is 7.93. The summed E-state index contributed by atoms with van der Waals surface area (Å²) < 4.78 is 5.16. The third-order valence-electron chi connectivity index (χ3n) is 4.94. The fourth-order valence-electron chi connectivity index (χ4n) is 3.44. The lowest BCUT2D eigenvalue weighted by Gasteiger charge is -2.19. The molecular weight excluding hydrogens is 426 g/mol. The van der Waals surface area contributed by atoms with Gasteiger partial charge in [-0.3, -0.25) is 5.32 Å². The Morgan fingerprint density at radius 1 is 1.06 bits per heavy atom. The zero-order chi connectivity index (χ0) is 22.7. The van der Waals surface area contributed by atoms with Crippen LogP contribution >= 0.6 is 11.6 Å². The number of aliphatic hydroxyl groups excluding tert-OH is 1. The number of hydrogen-bond donors (Lipinski definition) is 3. The van der Waals surface area contributed by atoms with Crippen molar-refractivity contribution in [3.63, 3.8) is 0 Å². The van der Waals surface area contributed by atoms with Crippen molar-refractivity contribution in [3.8, 4) is 0 Å². The number of aromatic nitrogens is 1. The fourth-order valence-corrected chi connectivity index (χ4v) is 3.65. The minimum Gasteiger partial charge on any atom is -0.449 e. The van der Waals surface area contributed by atoms with Gasteiger partial charge in [0, 0.05) is 22.0 Å². The molecule has 164 valence electrons. The first-order chi connectivity index (χ1) is 15.4. The second kappa shape index (κ2) is 9.42. The molecule has 6 nitrogen and oxygen atoms in total. The largest absolute Gasteiger partial charge is 0.449 e. The molecule has 3 N–H and O–H groups in total. The lowest BCUT2D eigenvalue weighted by Crippen LogP contribution is -2.17. The molecular formula is C25H24ClN3O3. The second-order valence-corrected chi connectivity index (χ2v) is 8.34. The summed E-state index contributed by atoms with van der Waals surface area (Å²) in [5.74, 6) is 0.247. The number of carbonyl (C=O) groups is 1. The number of para-hydroxylation sites is 2. The number of rotatable bonds is 6. The molecule has 1 amide bonds. The van der Waals surface area contributed by atoms with E-state index in [4.69, 9.17) is 16.3 Å². The summed E-state index contributed by atoms with van der Waals surface area (Å²) in [4.78, 5) is 16.7. The van der Waals surface area contributed by atoms with Crippen LogP contribution in [0.2, 0.25) is 5.02 Å². The molecule has 32 heavy (non-hydrogen) atoms. The Bertz CT molecular complexity index is 1280. The predicted octanol–water partition coefficient (Wildman–Crippen LogP) is 6.35. The number of carbonyl (C=O) groups excluding carboxylic acids is 1. The Balaban J connectivity index is 1.64. The number of amides is 1. The van der Waals surface area contributed by atoms with Crippen molar-refractivity contribution < 1.29 is 14.6 Å². The molecule has 7 heteroatoms. The van der Waals surface area contributed by atoms with Crippen molar-refractivity contribution in [3.05, 3.63) is 77.3 Å². The lowest BCUT2D eigenvalue weighted by atomic mass is 10.1. The van der Waals surface area contributed by atoms with Gasteiger partial charge in [-0.05, 0) is 30.2 Å². The highest BCUT2D eigenvalue weighted by atomic mass is 35.5. The van der Waals surface area contributed by atoms with E-state index in [2.05, 4.69) is 15.6 Å². The molecule has 0 spiro atoms. The van der Waals surface area contributed by atoms with E-state index in [1.54, 1.807) is 30.3 Å². The highest BCUT2D eigenvalue weighted by molar-refractivity contribution is 6.35. The summed E-state index contributed by atoms with van der Waals surface area (Å²) in [7, 11) is 0. The number of fused-ring (bicyclic) bond motifs is 2. The molecule has 1 heterocycles. The maximum Gasteiger partial charge on any atom is 0.411 e. The van der Waals surface area contributed by atoms with E-state index in [-0.39, 0.29) is 5.92 Å². The van der Waals surface area contributed by atoms with Gasteiger partial charge in [-0.2, -0.15) is 0 Å². The molecule has 0 bridgehead atoms. The van der Waals surface area contributed by atoms with Crippen molar-refractivity contribution in [2.45, 2.75) is 20.1 Å². The van der Waals surface area contributed by atoms with Gasteiger partial charge < -0.3 is 15.2 Å². The van der Waals surface area contributed by atoms with Crippen LogP contribution in [0.1, 0.15) is 25.6 Å². The van der Waals surface area contributed by atoms with Crippen LogP contribution < -0.4 is 10.6 Å². The normalized spacial score (nSPS) is 12.2. The molecule has 0 fully saturated rings. The van der Waals surface area contributed by atoms with Crippen molar-refractivity contribution in [1.82, 2.24) is 4.98 Å². The highest BCUT2D eigenvalue weighted by Gasteiger charge is 2.16. The van der Waals surface area contributed by atoms with Gasteiger partial charge >= 0.3 is 6.09 Å². The van der Waals surface area contributed by atoms with E-state index in [9.17, 15) is 9.90 Å². The fraction of sp³-hybridized carbons (Fsp3) is 0.200. The SMILES string of the molecule is CC(C)COC(=O)Nc1cccc(C(O)Nc2c3ccccc3nc3c(Cl)cccc23)c1. The average molecular weight is 450 g/mol. The van der Waals surface area contributed by atoms with E-state index in [0.717, 1.165) is 22.0 Å². The summed E-state index contributed by atoms with van der Waals surface area (Å²) in [6.45, 7) is 4.27. The molecule has 1 aromatic heterocycles. The van der Waals surface area contributed by atoms with Gasteiger partial charge in [0.1, 0.15) is 0 Å². The van der Waals surface area contributed by atoms with Crippen molar-refractivity contribution >= 4 is 50.9 Å². The first-order valence-electron chi connectivity index (χ1n) is 10.4. The third-order valence-corrected chi connectivity index (χ3v) is 5.24. The first kappa shape index (κ1) is 21.9. The molecule has 0 saturated carbocycles. The maximum absolute atomic E-state index is 12.0. The van der Waals surface area contributed by atoms with Gasteiger partial charge in [0.15, 0.2) is 6.23 Å². The molecule has 0 radical (unpaired) electrons. The van der Waals surface area contributed by atoms with E-state index < -0.39 is 12.3 Å². The van der Waals surface area contributed by atoms with Gasteiger partial charge in [0.25, 0.3) is 0 Å². The van der Waals surface area contributed by atoms with Gasteiger partial charge in [0.2, 0.25) is 0 Å². The first-order valence-corrected chi connectivity index (χ1v) is 10.8. The topological polar surface area (TPSA) is 83.5 Å². The van der Waals surface area contributed by atoms with E-state index in [1.165, 1.54) is 0 Å². The minimum absolute atomic E-state index is 0.247. The van der Waals surface area contributed by atoms with Crippen LogP contribution in [-0.4, -0.2) is 22.8 Å². The summed E-state index contributed by atoms with van der Waals surface area (Å²) >= 11 is 6.39. The van der Waals surface area contributed by atoms with Crippen LogP contribution in [0.4, 0.5) is 16.2 Å². The number of pyridine rings is 1. The molecule has 0 aliphatic rings. The highest BCUT2D eigenvalue weighted by Crippen LogP contribution is 2.35. The standard InChI is InChI=1S/C25H24ClN3O3/c1-15(2)14-32-25(31)27-17-8-5-7-16(13-17)24(30)29-22-18-9-3-4-12-21(18)28-23-19(22)10-6-11-20(23)26/h3-13,15,24,30H,14H2,1-2H3,(H,27,31)(H,28,29). The number of aliphatic hydroxyl groups is 1. The zero-order valence-corrected chi connectivity index (χ0v) is 18.6. The summed E-state index contributed by atoms with van der Waals surface area (Å²) in [5, 5.41) is 19.1. The monoisotopic (exact) mass is 449 g/mol. The Hall–Kier alpha value is -3.35. The summed E-state index contributed by atoms with van der Waals surface area (Å²) in [5.41, 5.74) is 3.28. The van der Waals surface area contributed by atoms with Gasteiger partial charge in [-0.1, -0.05) is 67.9 Å². The van der Waals surface area contributed by atoms with Crippen LogP contribution in [0.5, 0.6) is 0 Å². The number of nitrogens with one attached hydrogen (secondary N) is 2. The van der Waals surface area contributed by atoms with E-state index in [0.29, 0.717) is 28.4 Å². The molecule has 0 aliphatic heterocycles. The van der Waals surface area contributed by atoms with Crippen LogP contribution in [0, 0.1) is 5.92 Å². The van der Waals surface area contributed by atoms with E-state index >= 15 is 0 Å². The summed E-state index contributed by atoms with van der Waals surface area (Å²) in [6, 6.07) is 20.2. The van der Waals surface area contributed by atoms with E-state index in [1.807, 2.05) is 50.2 Å². The number of halogens is 1. The number of hydrogen-bond acceptors (Lipinski definition) is 5. The number of anilines is 2. The molecule has 4 rings (SSSR count). The summed E-state index contributed by atoms with van der Waals surface area (Å²) in [6.07, 6.45) is -1.56. The third kappa shape index (κ3) is 4.77. The van der Waals surface area contributed by atoms with Crippen LogP contribution in [0.25, 0.3) is 21.8 Å². The van der Waals surface area contributed by atoms with Gasteiger partial charge in [-0.25, -0.2) is 9.78 Å². The molecule has 0 aliphatic carbocycles. The molecule has 1 atom stereocenters. The quantitative estimate of drug-likeness (QED) is 0.236. The van der Waals surface area contributed by atoms with Crippen LogP contribution in [-0.2, 0) is 4.74 Å². The molecule has 4 aromatic rings. The number of ether oxygens (including phenoxy) is 1. The minimum atomic E-state index is -1.03. The number of nitrogens with zero attached hydrogens (tertiary/aromatic N) is 1. The maximum atomic E-state index is 12.0. The van der Waals surface area contributed by atoms with Crippen LogP contribution in [0.3, 0.4) is 0 Å². The van der Waals surface area contributed by atoms with Crippen molar-refractivity contribution in [2.75, 3.05) is 17.2 Å². The molecule has 1 unspecified atom stereocenters. The lowest BCUT2D eigenvalue weighted by molar-refractivity contribution is 0.147. The Kier molecular flexibility index (Phi) is 6.44. The zero-order valence-electron chi connectivity index (χ0n) is 17.8. The van der Waals surface area contributed by atoms with Gasteiger partial charge in [0.05, 0.1) is 28.4 Å². The smallest absolute Gasteiger partial charge is 0.411 e. The predicted molar refractivity (Wildman–Crippen MR) is 129 cm³/mol. The van der Waals surface area contributed by atoms with Gasteiger partial charge in [-0.15, -0.1) is 0 Å². The molecule has 3 aromatic carbocycles. The molecule has 0 saturated heterocycles. The van der Waals surface area contributed by atoms with Crippen LogP contribution in [0.15, 0.2) is 66.7 Å².